The molecule has 0 amide bonds. The fourth-order valence-electron chi connectivity index (χ4n) is 4.32. The van der Waals surface area contributed by atoms with E-state index in [-0.39, 0.29) is 29.6 Å². The van der Waals surface area contributed by atoms with Crippen LogP contribution in [0.2, 0.25) is 0 Å². The Bertz CT molecular complexity index is 1370. The molecule has 3 aromatic rings. The van der Waals surface area contributed by atoms with Gasteiger partial charge in [0, 0.05) is 39.3 Å². The van der Waals surface area contributed by atoms with Crippen molar-refractivity contribution in [3.63, 3.8) is 0 Å². The van der Waals surface area contributed by atoms with Crippen LogP contribution in [0.1, 0.15) is 31.1 Å². The summed E-state index contributed by atoms with van der Waals surface area (Å²) in [5, 5.41) is 4.36. The van der Waals surface area contributed by atoms with Crippen LogP contribution in [-0.4, -0.2) is 65.3 Å². The average Bonchev–Trinajstić information content (AvgIpc) is 3.06. The maximum Gasteiger partial charge on any atom is 0.281 e. The SMILES string of the molecule is COc1ccc(C)cc1S(=O)(=O)N1CCN(c2nc3c(C)nn(C)c3c(=O)n2C(C)C)CC1. The van der Waals surface area contributed by atoms with Gasteiger partial charge in [-0.1, -0.05) is 6.07 Å². The van der Waals surface area contributed by atoms with E-state index in [1.165, 1.54) is 11.4 Å². The van der Waals surface area contributed by atoms with E-state index in [4.69, 9.17) is 9.72 Å². The highest BCUT2D eigenvalue weighted by molar-refractivity contribution is 7.89. The van der Waals surface area contributed by atoms with Crippen LogP contribution < -0.4 is 15.2 Å². The number of hydrogen-bond acceptors (Lipinski definition) is 7. The zero-order valence-electron chi connectivity index (χ0n) is 19.9. The molecule has 1 fully saturated rings. The van der Waals surface area contributed by atoms with Crippen LogP contribution >= 0.6 is 0 Å². The van der Waals surface area contributed by atoms with E-state index < -0.39 is 10.0 Å². The first-order valence-corrected chi connectivity index (χ1v) is 12.4. The standard InChI is InChI=1S/C22H30N6O4S/c1-14(2)28-21(29)20-19(16(4)24-25(20)5)23-22(28)26-9-11-27(12-10-26)33(30,31)18-13-15(3)7-8-17(18)32-6/h7-8,13-14H,9-12H2,1-6H3. The summed E-state index contributed by atoms with van der Waals surface area (Å²) in [6, 6.07) is 5.02. The molecule has 4 rings (SSSR count). The summed E-state index contributed by atoms with van der Waals surface area (Å²) in [5.41, 5.74) is 2.44. The minimum atomic E-state index is -3.73. The summed E-state index contributed by atoms with van der Waals surface area (Å²) in [7, 11) is -0.517. The van der Waals surface area contributed by atoms with E-state index in [9.17, 15) is 13.2 Å². The van der Waals surface area contributed by atoms with Gasteiger partial charge >= 0.3 is 0 Å². The zero-order chi connectivity index (χ0) is 24.1. The number of ether oxygens (including phenoxy) is 1. The number of sulfonamides is 1. The number of methoxy groups -OCH3 is 1. The third-order valence-corrected chi connectivity index (χ3v) is 7.93. The minimum absolute atomic E-state index is 0.113. The van der Waals surface area contributed by atoms with Crippen LogP contribution in [-0.2, 0) is 17.1 Å². The molecule has 0 N–H and O–H groups in total. The molecule has 0 unspecified atom stereocenters. The molecule has 1 aromatic carbocycles. The molecule has 0 atom stereocenters. The number of aryl methyl sites for hydroxylation is 3. The van der Waals surface area contributed by atoms with Crippen LogP contribution in [0.15, 0.2) is 27.9 Å². The number of piperazine rings is 1. The van der Waals surface area contributed by atoms with E-state index >= 15 is 0 Å². The maximum absolute atomic E-state index is 13.4. The molecule has 1 aliphatic rings. The second-order valence-electron chi connectivity index (χ2n) is 8.63. The van der Waals surface area contributed by atoms with Crippen LogP contribution in [0.5, 0.6) is 5.75 Å². The molecule has 2 aromatic heterocycles. The molecular weight excluding hydrogens is 444 g/mol. The van der Waals surface area contributed by atoms with Crippen LogP contribution in [0.3, 0.4) is 0 Å². The van der Waals surface area contributed by atoms with Gasteiger partial charge in [0.15, 0.2) is 5.52 Å². The van der Waals surface area contributed by atoms with E-state index in [1.54, 1.807) is 28.4 Å². The highest BCUT2D eigenvalue weighted by Crippen LogP contribution is 2.29. The van der Waals surface area contributed by atoms with Crippen LogP contribution in [0.25, 0.3) is 11.0 Å². The van der Waals surface area contributed by atoms with Gasteiger partial charge in [-0.2, -0.15) is 9.40 Å². The summed E-state index contributed by atoms with van der Waals surface area (Å²) < 4.78 is 36.7. The van der Waals surface area contributed by atoms with Gasteiger partial charge in [0.2, 0.25) is 16.0 Å². The third-order valence-electron chi connectivity index (χ3n) is 6.01. The average molecular weight is 475 g/mol. The number of hydrogen-bond donors (Lipinski definition) is 0. The van der Waals surface area contributed by atoms with Crippen molar-refractivity contribution in [3.05, 3.63) is 39.8 Å². The van der Waals surface area contributed by atoms with E-state index in [2.05, 4.69) is 5.10 Å². The van der Waals surface area contributed by atoms with Crippen molar-refractivity contribution in [1.29, 1.82) is 0 Å². The number of anilines is 1. The first-order valence-electron chi connectivity index (χ1n) is 10.9. The van der Waals surface area contributed by atoms with E-state index in [0.29, 0.717) is 41.5 Å². The van der Waals surface area contributed by atoms with Gasteiger partial charge in [-0.3, -0.25) is 14.0 Å². The first-order chi connectivity index (χ1) is 15.6. The van der Waals surface area contributed by atoms with Gasteiger partial charge in [0.05, 0.1) is 12.8 Å². The van der Waals surface area contributed by atoms with Gasteiger partial charge in [0.1, 0.15) is 16.2 Å². The number of aromatic nitrogens is 4. The molecular formula is C22H30N6O4S. The lowest BCUT2D eigenvalue weighted by Crippen LogP contribution is -2.50. The zero-order valence-corrected chi connectivity index (χ0v) is 20.7. The highest BCUT2D eigenvalue weighted by atomic mass is 32.2. The largest absolute Gasteiger partial charge is 0.495 e. The van der Waals surface area contributed by atoms with Gasteiger partial charge in [0.25, 0.3) is 5.56 Å². The number of benzene rings is 1. The van der Waals surface area contributed by atoms with Crippen LogP contribution in [0.4, 0.5) is 5.95 Å². The minimum Gasteiger partial charge on any atom is -0.495 e. The fourth-order valence-corrected chi connectivity index (χ4v) is 5.98. The lowest BCUT2D eigenvalue weighted by molar-refractivity contribution is 0.369. The molecule has 0 radical (unpaired) electrons. The monoisotopic (exact) mass is 474 g/mol. The highest BCUT2D eigenvalue weighted by Gasteiger charge is 2.33. The number of rotatable bonds is 5. The Kier molecular flexibility index (Phi) is 5.95. The predicted molar refractivity (Wildman–Crippen MR) is 127 cm³/mol. The van der Waals surface area contributed by atoms with Crippen LogP contribution in [0, 0.1) is 13.8 Å². The van der Waals surface area contributed by atoms with Gasteiger partial charge in [-0.05, 0) is 45.4 Å². The molecule has 0 saturated carbocycles. The smallest absolute Gasteiger partial charge is 0.281 e. The number of nitrogens with zero attached hydrogens (tertiary/aromatic N) is 6. The summed E-state index contributed by atoms with van der Waals surface area (Å²) in [6.07, 6.45) is 0. The van der Waals surface area contributed by atoms with Crippen molar-refractivity contribution >= 4 is 27.0 Å². The fraction of sp³-hybridized carbons (Fsp3) is 0.500. The Labute approximate surface area is 193 Å². The van der Waals surface area contributed by atoms with Crippen molar-refractivity contribution in [3.8, 4) is 5.75 Å². The maximum atomic E-state index is 13.4. The second kappa shape index (κ2) is 8.45. The molecule has 0 spiro atoms. The summed E-state index contributed by atoms with van der Waals surface area (Å²) in [4.78, 5) is 20.2. The quantitative estimate of drug-likeness (QED) is 0.556. The molecule has 11 heteroatoms. The molecule has 0 aliphatic carbocycles. The third kappa shape index (κ3) is 3.89. The predicted octanol–water partition coefficient (Wildman–Crippen LogP) is 1.85. The van der Waals surface area contributed by atoms with Gasteiger partial charge in [-0.25, -0.2) is 13.4 Å². The topological polar surface area (TPSA) is 103 Å². The lowest BCUT2D eigenvalue weighted by Gasteiger charge is -2.36. The Morgan fingerprint density at radius 2 is 1.76 bits per heavy atom. The summed E-state index contributed by atoms with van der Waals surface area (Å²) >= 11 is 0. The van der Waals surface area contributed by atoms with E-state index in [1.807, 2.05) is 38.7 Å². The molecule has 0 bridgehead atoms. The molecule has 3 heterocycles. The van der Waals surface area contributed by atoms with Gasteiger partial charge < -0.3 is 9.64 Å². The van der Waals surface area contributed by atoms with Crippen molar-refractivity contribution < 1.29 is 13.2 Å². The Morgan fingerprint density at radius 3 is 2.36 bits per heavy atom. The van der Waals surface area contributed by atoms with Gasteiger partial charge in [-0.15, -0.1) is 0 Å². The van der Waals surface area contributed by atoms with Crippen molar-refractivity contribution in [2.45, 2.75) is 38.6 Å². The molecule has 10 nitrogen and oxygen atoms in total. The Morgan fingerprint density at radius 1 is 1.09 bits per heavy atom. The summed E-state index contributed by atoms with van der Waals surface area (Å²) in [5.74, 6) is 0.875. The molecule has 33 heavy (non-hydrogen) atoms. The number of fused-ring (bicyclic) bond motifs is 1. The van der Waals surface area contributed by atoms with E-state index in [0.717, 1.165) is 5.56 Å². The second-order valence-corrected chi connectivity index (χ2v) is 10.5. The molecule has 1 aliphatic heterocycles. The Hall–Kier alpha value is -2.92. The van der Waals surface area contributed by atoms with Crippen molar-refractivity contribution in [1.82, 2.24) is 23.6 Å². The summed E-state index contributed by atoms with van der Waals surface area (Å²) in [6.45, 7) is 8.93. The first kappa shape index (κ1) is 23.2. The lowest BCUT2D eigenvalue weighted by atomic mass is 10.2. The normalized spacial score (nSPS) is 15.5. The van der Waals surface area contributed by atoms with Crippen molar-refractivity contribution in [2.75, 3.05) is 38.2 Å². The van der Waals surface area contributed by atoms with Crippen molar-refractivity contribution in [2.24, 2.45) is 7.05 Å². The molecule has 1 saturated heterocycles. The molecule has 178 valence electrons. The Balaban J connectivity index is 1.67.